The van der Waals surface area contributed by atoms with Crippen molar-refractivity contribution in [1.82, 2.24) is 14.5 Å². The summed E-state index contributed by atoms with van der Waals surface area (Å²) in [5.41, 5.74) is 8.55. The zero-order valence-corrected chi connectivity index (χ0v) is 24.1. The molecule has 0 saturated heterocycles. The molecule has 0 spiro atoms. The molecule has 0 atom stereocenters. The molecule has 5 aromatic rings. The van der Waals surface area contributed by atoms with Crippen LogP contribution in [0.1, 0.15) is 52.2 Å². The number of hydrogen-bond donors (Lipinski definition) is 2. The van der Waals surface area contributed by atoms with E-state index >= 15 is 4.39 Å². The Morgan fingerprint density at radius 2 is 1.69 bits per heavy atom. The normalized spacial score (nSPS) is 11.2. The summed E-state index contributed by atoms with van der Waals surface area (Å²) in [7, 11) is 0. The molecular weight excluding hydrogens is 558 g/mol. The number of para-hydroxylation sites is 1. The van der Waals surface area contributed by atoms with Crippen LogP contribution < -0.4 is 11.3 Å². The van der Waals surface area contributed by atoms with E-state index in [1.54, 1.807) is 10.6 Å². The van der Waals surface area contributed by atoms with Gasteiger partial charge in [0.05, 0.1) is 11.3 Å². The Kier molecular flexibility index (Phi) is 8.00. The van der Waals surface area contributed by atoms with E-state index in [0.717, 1.165) is 34.6 Å². The number of carbonyl (C=O) groups is 1. The topological polar surface area (TPSA) is 111 Å². The first-order valence-electron chi connectivity index (χ1n) is 13.4. The molecule has 0 radical (unpaired) electrons. The molecule has 2 aromatic heterocycles. The van der Waals surface area contributed by atoms with Gasteiger partial charge in [-0.2, -0.15) is 4.98 Å². The van der Waals surface area contributed by atoms with Crippen LogP contribution in [0.4, 0.5) is 8.78 Å². The van der Waals surface area contributed by atoms with Crippen molar-refractivity contribution < 1.29 is 18.7 Å². The molecule has 2 heterocycles. The van der Waals surface area contributed by atoms with Gasteiger partial charge in [-0.05, 0) is 60.2 Å². The fraction of sp³-hybridized carbons (Fsp3) is 0.188. The van der Waals surface area contributed by atoms with Crippen LogP contribution in [0.5, 0.6) is 5.88 Å². The van der Waals surface area contributed by atoms with E-state index < -0.39 is 23.1 Å². The third-order valence-corrected chi connectivity index (χ3v) is 8.07. The maximum Gasteiger partial charge on any atom is 0.280 e. The number of nitrogens with two attached hydrogens (primary N) is 1. The quantitative estimate of drug-likeness (QED) is 0.227. The molecule has 0 aliphatic heterocycles. The SMILES string of the molecule is CCc1cccc(CC)c1-n1c(-c2nc(C)cs2)nc(=O)c(Cc2ccc(-c3ccc(F)cc3C(N)=O)c(F)c2)c1O. The Labute approximate surface area is 245 Å². The standard InChI is InChI=1S/C32H28F2N4O3S/c1-4-19-7-6-8-20(5-2)27(19)38-29(31-36-17(3)16-42-31)37-30(40)25(32(38)41)13-18-9-11-23(26(34)14-18)22-12-10-21(33)15-24(22)28(35)39/h6-12,14-16,41H,4-5,13H2,1-3H3,(H2,35,39). The molecule has 0 fully saturated rings. The summed E-state index contributed by atoms with van der Waals surface area (Å²) < 4.78 is 30.7. The maximum absolute atomic E-state index is 15.4. The van der Waals surface area contributed by atoms with Gasteiger partial charge in [-0.1, -0.05) is 50.2 Å². The highest BCUT2D eigenvalue weighted by atomic mass is 32.1. The Hall–Kier alpha value is -4.70. The second-order valence-corrected chi connectivity index (χ2v) is 10.7. The van der Waals surface area contributed by atoms with Crippen LogP contribution in [-0.4, -0.2) is 25.5 Å². The first-order valence-corrected chi connectivity index (χ1v) is 14.3. The number of carbonyl (C=O) groups excluding carboxylic acids is 1. The number of halogens is 2. The van der Waals surface area contributed by atoms with Crippen molar-refractivity contribution in [1.29, 1.82) is 0 Å². The van der Waals surface area contributed by atoms with E-state index in [1.807, 2.05) is 44.4 Å². The summed E-state index contributed by atoms with van der Waals surface area (Å²) in [4.78, 5) is 34.2. The number of amides is 1. The zero-order valence-electron chi connectivity index (χ0n) is 23.2. The van der Waals surface area contributed by atoms with Gasteiger partial charge >= 0.3 is 0 Å². The Bertz CT molecular complexity index is 1880. The molecule has 1 amide bonds. The predicted octanol–water partition coefficient (Wildman–Crippen LogP) is 6.13. The molecular formula is C32H28F2N4O3S. The number of thiazole rings is 1. The molecule has 42 heavy (non-hydrogen) atoms. The fourth-order valence-electron chi connectivity index (χ4n) is 5.06. The van der Waals surface area contributed by atoms with Gasteiger partial charge in [0.1, 0.15) is 11.6 Å². The molecule has 0 aliphatic rings. The molecule has 0 aliphatic carbocycles. The Balaban J connectivity index is 1.66. The van der Waals surface area contributed by atoms with Crippen molar-refractivity contribution in [3.63, 3.8) is 0 Å². The number of aryl methyl sites for hydroxylation is 3. The maximum atomic E-state index is 15.4. The van der Waals surface area contributed by atoms with Crippen LogP contribution >= 0.6 is 11.3 Å². The number of benzene rings is 3. The number of aromatic hydroxyl groups is 1. The Morgan fingerprint density at radius 3 is 2.29 bits per heavy atom. The molecule has 0 bridgehead atoms. The molecule has 5 rings (SSSR count). The van der Waals surface area contributed by atoms with E-state index in [9.17, 15) is 19.1 Å². The van der Waals surface area contributed by atoms with Crippen molar-refractivity contribution in [2.24, 2.45) is 5.73 Å². The molecule has 214 valence electrons. The van der Waals surface area contributed by atoms with Crippen LogP contribution in [0.2, 0.25) is 0 Å². The van der Waals surface area contributed by atoms with Gasteiger partial charge in [0.25, 0.3) is 5.56 Å². The number of primary amides is 1. The van der Waals surface area contributed by atoms with Crippen molar-refractivity contribution in [2.75, 3.05) is 0 Å². The highest BCUT2D eigenvalue weighted by molar-refractivity contribution is 7.13. The van der Waals surface area contributed by atoms with E-state index in [-0.39, 0.29) is 40.4 Å². The number of nitrogens with zero attached hydrogens (tertiary/aromatic N) is 3. The summed E-state index contributed by atoms with van der Waals surface area (Å²) in [6.45, 7) is 5.85. The first kappa shape index (κ1) is 28.8. The fourth-order valence-corrected chi connectivity index (χ4v) is 5.83. The van der Waals surface area contributed by atoms with E-state index in [4.69, 9.17) is 5.73 Å². The first-order chi connectivity index (χ1) is 20.1. The van der Waals surface area contributed by atoms with Gasteiger partial charge in [0.2, 0.25) is 11.8 Å². The minimum Gasteiger partial charge on any atom is -0.494 e. The lowest BCUT2D eigenvalue weighted by atomic mass is 9.96. The van der Waals surface area contributed by atoms with Gasteiger partial charge in [-0.25, -0.2) is 13.8 Å². The number of hydrogen-bond acceptors (Lipinski definition) is 6. The number of rotatable bonds is 8. The summed E-state index contributed by atoms with van der Waals surface area (Å²) in [6, 6.07) is 13.5. The lowest BCUT2D eigenvalue weighted by Crippen LogP contribution is -2.21. The van der Waals surface area contributed by atoms with Crippen molar-refractivity contribution in [2.45, 2.75) is 40.0 Å². The van der Waals surface area contributed by atoms with Crippen LogP contribution in [0, 0.1) is 18.6 Å². The molecule has 0 saturated carbocycles. The van der Waals surface area contributed by atoms with Crippen molar-refractivity contribution in [3.05, 3.63) is 115 Å². The van der Waals surface area contributed by atoms with E-state index in [2.05, 4.69) is 9.97 Å². The average molecular weight is 587 g/mol. The van der Waals surface area contributed by atoms with Crippen LogP contribution in [0.15, 0.2) is 64.8 Å². The highest BCUT2D eigenvalue weighted by Gasteiger charge is 2.24. The summed E-state index contributed by atoms with van der Waals surface area (Å²) in [5, 5.41) is 14.0. The lowest BCUT2D eigenvalue weighted by molar-refractivity contribution is 0.100. The zero-order chi connectivity index (χ0) is 30.1. The van der Waals surface area contributed by atoms with Crippen molar-refractivity contribution >= 4 is 17.2 Å². The minimum atomic E-state index is -0.890. The summed E-state index contributed by atoms with van der Waals surface area (Å²) in [6.07, 6.45) is 1.22. The minimum absolute atomic E-state index is 0.00764. The second kappa shape index (κ2) is 11.7. The van der Waals surface area contributed by atoms with Crippen LogP contribution in [-0.2, 0) is 19.3 Å². The van der Waals surface area contributed by atoms with Gasteiger partial charge in [-0.3, -0.25) is 14.2 Å². The van der Waals surface area contributed by atoms with Crippen LogP contribution in [0.3, 0.4) is 0 Å². The average Bonchev–Trinajstić information content (AvgIpc) is 3.41. The van der Waals surface area contributed by atoms with Gasteiger partial charge in [-0.15, -0.1) is 11.3 Å². The smallest absolute Gasteiger partial charge is 0.280 e. The monoisotopic (exact) mass is 586 g/mol. The lowest BCUT2D eigenvalue weighted by Gasteiger charge is -2.21. The molecule has 3 aromatic carbocycles. The Morgan fingerprint density at radius 1 is 1.00 bits per heavy atom. The second-order valence-electron chi connectivity index (χ2n) is 9.85. The largest absolute Gasteiger partial charge is 0.494 e. The molecule has 3 N–H and O–H groups in total. The predicted molar refractivity (Wildman–Crippen MR) is 159 cm³/mol. The molecule has 0 unspecified atom stereocenters. The molecule has 10 heteroatoms. The van der Waals surface area contributed by atoms with Gasteiger partial charge < -0.3 is 10.8 Å². The van der Waals surface area contributed by atoms with E-state index in [0.29, 0.717) is 23.4 Å². The van der Waals surface area contributed by atoms with Gasteiger partial charge in [0.15, 0.2) is 10.8 Å². The molecule has 7 nitrogen and oxygen atoms in total. The number of aromatic nitrogens is 3. The summed E-state index contributed by atoms with van der Waals surface area (Å²) >= 11 is 1.32. The van der Waals surface area contributed by atoms with Crippen LogP contribution in [0.25, 0.3) is 27.6 Å². The summed E-state index contributed by atoms with van der Waals surface area (Å²) in [5.74, 6) is -2.33. The van der Waals surface area contributed by atoms with E-state index in [1.165, 1.54) is 29.5 Å². The highest BCUT2D eigenvalue weighted by Crippen LogP contribution is 2.34. The third kappa shape index (κ3) is 5.33. The van der Waals surface area contributed by atoms with Crippen molar-refractivity contribution in [3.8, 4) is 33.5 Å². The third-order valence-electron chi connectivity index (χ3n) is 7.11. The van der Waals surface area contributed by atoms with Gasteiger partial charge in [0, 0.05) is 28.6 Å².